The maximum atomic E-state index is 11.0. The van der Waals surface area contributed by atoms with E-state index in [2.05, 4.69) is 22.6 Å². The molecule has 3 aromatic rings. The van der Waals surface area contributed by atoms with Crippen molar-refractivity contribution in [3.8, 4) is 5.69 Å². The van der Waals surface area contributed by atoms with Crippen molar-refractivity contribution in [2.24, 2.45) is 0 Å². The summed E-state index contributed by atoms with van der Waals surface area (Å²) in [6.45, 7) is 4.99. The summed E-state index contributed by atoms with van der Waals surface area (Å²) in [4.78, 5) is 13.3. The molecule has 1 amide bonds. The Bertz CT molecular complexity index is 1150. The molecule has 0 spiro atoms. The Morgan fingerprint density at radius 1 is 1.14 bits per heavy atom. The van der Waals surface area contributed by atoms with Crippen molar-refractivity contribution in [2.45, 2.75) is 38.5 Å². The Kier molecular flexibility index (Phi) is 11.3. The van der Waals surface area contributed by atoms with Crippen LogP contribution in [0.3, 0.4) is 0 Å². The van der Waals surface area contributed by atoms with Gasteiger partial charge >= 0.3 is 0 Å². The third-order valence-electron chi connectivity index (χ3n) is 6.67. The normalized spacial score (nSPS) is 14.1. The molecule has 200 valence electrons. The highest BCUT2D eigenvalue weighted by Gasteiger charge is 2.25. The number of carbonyl (C=O) groups is 1. The molecule has 0 unspecified atom stereocenters. The van der Waals surface area contributed by atoms with E-state index in [0.29, 0.717) is 16.0 Å². The first-order valence-electron chi connectivity index (χ1n) is 12.6. The van der Waals surface area contributed by atoms with E-state index >= 15 is 0 Å². The molecule has 1 aliphatic heterocycles. The van der Waals surface area contributed by atoms with Gasteiger partial charge in [-0.15, -0.1) is 0 Å². The number of benzene rings is 2. The molecular weight excluding hydrogens is 509 g/mol. The molecule has 1 fully saturated rings. The molecule has 0 saturated carbocycles. The number of halogens is 2. The lowest BCUT2D eigenvalue weighted by Gasteiger charge is -2.28. The first-order chi connectivity index (χ1) is 17.9. The van der Waals surface area contributed by atoms with Gasteiger partial charge in [-0.05, 0) is 82.6 Å². The predicted molar refractivity (Wildman–Crippen MR) is 154 cm³/mol. The average molecular weight is 547 g/mol. The van der Waals surface area contributed by atoms with Crippen molar-refractivity contribution >= 4 is 41.1 Å². The van der Waals surface area contributed by atoms with Crippen molar-refractivity contribution in [1.29, 1.82) is 0 Å². The van der Waals surface area contributed by atoms with Crippen LogP contribution in [0.25, 0.3) is 5.69 Å². The topological polar surface area (TPSA) is 71.4 Å². The smallest absolute Gasteiger partial charge is 0.212 e. The molecule has 1 aromatic heterocycles. The number of likely N-dealkylation sites (tertiary alicyclic amines) is 1. The fourth-order valence-electron chi connectivity index (χ4n) is 4.60. The first-order valence-corrected chi connectivity index (χ1v) is 13.3. The van der Waals surface area contributed by atoms with Gasteiger partial charge in [-0.1, -0.05) is 41.4 Å². The molecule has 37 heavy (non-hydrogen) atoms. The number of nitrogens with zero attached hydrogens (tertiary/aromatic N) is 3. The van der Waals surface area contributed by atoms with Crippen LogP contribution in [0.5, 0.6) is 0 Å². The number of ether oxygens (including phenoxy) is 1. The fourth-order valence-corrected chi connectivity index (χ4v) is 4.95. The zero-order valence-electron chi connectivity index (χ0n) is 22.1. The molecular formula is C28H37Cl2N5O2. The number of hydrogen-bond donors (Lipinski definition) is 2. The number of hydrogen-bond acceptors (Lipinski definition) is 5. The van der Waals surface area contributed by atoms with Crippen LogP contribution in [0.2, 0.25) is 10.0 Å². The lowest BCUT2D eigenvalue weighted by molar-refractivity contribution is -0.105. The zero-order chi connectivity index (χ0) is 26.8. The van der Waals surface area contributed by atoms with Crippen molar-refractivity contribution in [2.75, 3.05) is 51.5 Å². The van der Waals surface area contributed by atoms with E-state index in [9.17, 15) is 4.79 Å². The lowest BCUT2D eigenvalue weighted by Crippen LogP contribution is -2.29. The Hall–Kier alpha value is -2.58. The average Bonchev–Trinajstić information content (AvgIpc) is 3.23. The molecule has 0 atom stereocenters. The Labute approximate surface area is 230 Å². The molecule has 0 aliphatic carbocycles. The number of aryl methyl sites for hydroxylation is 1. The van der Waals surface area contributed by atoms with Crippen LogP contribution < -0.4 is 10.6 Å². The van der Waals surface area contributed by atoms with Gasteiger partial charge in [0.05, 0.1) is 21.4 Å². The summed E-state index contributed by atoms with van der Waals surface area (Å²) in [6.07, 6.45) is 4.86. The second kappa shape index (κ2) is 14.4. The quantitative estimate of drug-likeness (QED) is 0.248. The minimum Gasteiger partial charge on any atom is -0.388 e. The number of anilines is 2. The van der Waals surface area contributed by atoms with Gasteiger partial charge in [0, 0.05) is 37.9 Å². The maximum absolute atomic E-state index is 11.0. The number of para-hydroxylation sites is 1. The lowest BCUT2D eigenvalue weighted by atomic mass is 9.92. The Morgan fingerprint density at radius 2 is 1.81 bits per heavy atom. The molecule has 9 heteroatoms. The zero-order valence-corrected chi connectivity index (χ0v) is 23.6. The summed E-state index contributed by atoms with van der Waals surface area (Å²) in [6, 6.07) is 13.7. The summed E-state index contributed by atoms with van der Waals surface area (Å²) in [5.41, 5.74) is 5.35. The number of methoxy groups -OCH3 is 1. The van der Waals surface area contributed by atoms with Crippen LogP contribution in [0.15, 0.2) is 42.5 Å². The van der Waals surface area contributed by atoms with Gasteiger partial charge < -0.3 is 20.3 Å². The van der Waals surface area contributed by atoms with Crippen LogP contribution in [-0.2, 0) is 16.0 Å². The first kappa shape index (κ1) is 29.0. The van der Waals surface area contributed by atoms with Crippen LogP contribution in [0, 0.1) is 6.92 Å². The third-order valence-corrected chi connectivity index (χ3v) is 7.39. The van der Waals surface area contributed by atoms with Crippen molar-refractivity contribution in [3.63, 3.8) is 0 Å². The highest BCUT2D eigenvalue weighted by atomic mass is 35.5. The molecule has 0 radical (unpaired) electrons. The van der Waals surface area contributed by atoms with Crippen molar-refractivity contribution < 1.29 is 9.53 Å². The minimum absolute atomic E-state index is 0.466. The number of carbonyl (C=O) groups excluding carboxylic acids is 1. The summed E-state index contributed by atoms with van der Waals surface area (Å²) in [5, 5.41) is 11.9. The molecule has 2 N–H and O–H groups in total. The van der Waals surface area contributed by atoms with Gasteiger partial charge in [0.1, 0.15) is 5.82 Å². The van der Waals surface area contributed by atoms with E-state index in [4.69, 9.17) is 33.0 Å². The number of aromatic nitrogens is 2. The SMILES string of the molecule is CNc1cc(Cl)c(Cl)cc1CCCOC.Cc1c(C2CCN(C)CC2)nn(-c2ccccc2)c1NC=O. The number of piperidine rings is 1. The number of nitrogens with one attached hydrogen (secondary N) is 2. The Morgan fingerprint density at radius 3 is 2.43 bits per heavy atom. The minimum atomic E-state index is 0.466. The molecule has 2 aromatic carbocycles. The summed E-state index contributed by atoms with van der Waals surface area (Å²) < 4.78 is 6.86. The highest BCUT2D eigenvalue weighted by molar-refractivity contribution is 6.42. The number of amides is 1. The fraction of sp³-hybridized carbons (Fsp3) is 0.429. The van der Waals surface area contributed by atoms with Gasteiger partial charge in [-0.25, -0.2) is 4.68 Å². The highest BCUT2D eigenvalue weighted by Crippen LogP contribution is 2.33. The molecule has 7 nitrogen and oxygen atoms in total. The van der Waals surface area contributed by atoms with E-state index in [1.54, 1.807) is 7.11 Å². The van der Waals surface area contributed by atoms with Gasteiger partial charge in [0.15, 0.2) is 0 Å². The monoisotopic (exact) mass is 545 g/mol. The van der Waals surface area contributed by atoms with E-state index < -0.39 is 0 Å². The maximum Gasteiger partial charge on any atom is 0.212 e. The molecule has 0 bridgehead atoms. The van der Waals surface area contributed by atoms with Crippen LogP contribution >= 0.6 is 23.2 Å². The van der Waals surface area contributed by atoms with E-state index in [1.165, 1.54) is 5.56 Å². The Balaban J connectivity index is 0.000000222. The third kappa shape index (κ3) is 7.71. The summed E-state index contributed by atoms with van der Waals surface area (Å²) in [7, 11) is 5.73. The second-order valence-electron chi connectivity index (χ2n) is 9.22. The van der Waals surface area contributed by atoms with Crippen LogP contribution in [0.4, 0.5) is 11.5 Å². The van der Waals surface area contributed by atoms with Crippen molar-refractivity contribution in [1.82, 2.24) is 14.7 Å². The van der Waals surface area contributed by atoms with Gasteiger partial charge in [0.25, 0.3) is 0 Å². The number of rotatable bonds is 9. The molecule has 2 heterocycles. The van der Waals surface area contributed by atoms with Crippen LogP contribution in [-0.4, -0.2) is 62.0 Å². The van der Waals surface area contributed by atoms with Gasteiger partial charge in [-0.3, -0.25) is 4.79 Å². The van der Waals surface area contributed by atoms with Gasteiger partial charge in [0.2, 0.25) is 6.41 Å². The molecule has 1 aliphatic rings. The van der Waals surface area contributed by atoms with Crippen LogP contribution in [0.1, 0.15) is 42.0 Å². The van der Waals surface area contributed by atoms with E-state index in [-0.39, 0.29) is 0 Å². The van der Waals surface area contributed by atoms with E-state index in [1.807, 2.05) is 61.1 Å². The van der Waals surface area contributed by atoms with Gasteiger partial charge in [-0.2, -0.15) is 5.10 Å². The van der Waals surface area contributed by atoms with Crippen molar-refractivity contribution in [3.05, 3.63) is 69.3 Å². The second-order valence-corrected chi connectivity index (χ2v) is 10.0. The summed E-state index contributed by atoms with van der Waals surface area (Å²) in [5.74, 6) is 1.24. The standard InChI is InChI=1S/C17H22N4O.C11H15Cl2NO/c1-13-16(14-8-10-20(2)11-9-14)19-21(17(13)18-12-22)15-6-4-3-5-7-15;1-14-11-7-10(13)9(12)6-8(11)4-3-5-15-2/h3-7,12,14H,8-11H2,1-2H3,(H,18,22);6-7,14H,3-5H2,1-2H3. The van der Waals surface area contributed by atoms with E-state index in [0.717, 1.165) is 80.2 Å². The molecule has 4 rings (SSSR count). The largest absolute Gasteiger partial charge is 0.388 e. The molecule has 1 saturated heterocycles. The summed E-state index contributed by atoms with van der Waals surface area (Å²) >= 11 is 11.9. The predicted octanol–water partition coefficient (Wildman–Crippen LogP) is 6.17.